The van der Waals surface area contributed by atoms with Crippen LogP contribution in [-0.4, -0.2) is 43.8 Å². The maximum absolute atomic E-state index is 6.09. The zero-order chi connectivity index (χ0) is 13.7. The van der Waals surface area contributed by atoms with Gasteiger partial charge in [-0.15, -0.1) is 0 Å². The minimum atomic E-state index is 0.0199. The van der Waals surface area contributed by atoms with Gasteiger partial charge in [-0.05, 0) is 12.0 Å². The van der Waals surface area contributed by atoms with E-state index in [9.17, 15) is 0 Å². The summed E-state index contributed by atoms with van der Waals surface area (Å²) in [6.07, 6.45) is 1.13. The molecule has 0 aliphatic carbocycles. The van der Waals surface area contributed by atoms with Crippen LogP contribution in [0.5, 0.6) is 0 Å². The van der Waals surface area contributed by atoms with Gasteiger partial charge in [0.25, 0.3) is 0 Å². The Hall–Kier alpha value is -0.900. The van der Waals surface area contributed by atoms with E-state index in [1.165, 1.54) is 5.56 Å². The highest BCUT2D eigenvalue weighted by atomic mass is 16.5. The Morgan fingerprint density at radius 3 is 2.74 bits per heavy atom. The smallest absolute Gasteiger partial charge is 0.0622 e. The molecule has 0 saturated carbocycles. The van der Waals surface area contributed by atoms with Crippen molar-refractivity contribution in [2.45, 2.75) is 31.7 Å². The Labute approximate surface area is 116 Å². The van der Waals surface area contributed by atoms with Crippen molar-refractivity contribution >= 4 is 0 Å². The van der Waals surface area contributed by atoms with E-state index in [-0.39, 0.29) is 5.41 Å². The highest BCUT2D eigenvalue weighted by molar-refractivity contribution is 5.25. The zero-order valence-electron chi connectivity index (χ0n) is 12.1. The van der Waals surface area contributed by atoms with E-state index in [0.29, 0.717) is 12.6 Å². The topological polar surface area (TPSA) is 38.5 Å². The maximum atomic E-state index is 6.09. The zero-order valence-corrected chi connectivity index (χ0v) is 12.1. The number of morpholine rings is 1. The monoisotopic (exact) mass is 262 g/mol. The van der Waals surface area contributed by atoms with Crippen LogP contribution in [0, 0.1) is 0 Å². The molecular formula is C16H26N2O. The molecule has 1 aliphatic heterocycles. The standard InChI is InChI=1S/C16H26N2O/c1-3-15-11-19-10-9-18(15)13-16(2,12-17)14-7-5-4-6-8-14/h4-8,15H,3,9-13,17H2,1-2H3. The van der Waals surface area contributed by atoms with Gasteiger partial charge in [-0.1, -0.05) is 44.2 Å². The summed E-state index contributed by atoms with van der Waals surface area (Å²) in [5, 5.41) is 0. The molecule has 0 spiro atoms. The Bertz CT molecular complexity index is 382. The molecule has 0 aromatic heterocycles. The highest BCUT2D eigenvalue weighted by Gasteiger charge is 2.31. The van der Waals surface area contributed by atoms with Crippen molar-refractivity contribution < 1.29 is 4.74 Å². The second-order valence-electron chi connectivity index (χ2n) is 5.74. The van der Waals surface area contributed by atoms with Gasteiger partial charge in [0.05, 0.1) is 13.2 Å². The Morgan fingerprint density at radius 2 is 2.11 bits per heavy atom. The third kappa shape index (κ3) is 3.35. The van der Waals surface area contributed by atoms with Gasteiger partial charge in [-0.3, -0.25) is 4.90 Å². The molecule has 3 heteroatoms. The summed E-state index contributed by atoms with van der Waals surface area (Å²) in [6, 6.07) is 11.2. The lowest BCUT2D eigenvalue weighted by Gasteiger charge is -2.41. The van der Waals surface area contributed by atoms with Gasteiger partial charge in [0.15, 0.2) is 0 Å². The summed E-state index contributed by atoms with van der Waals surface area (Å²) < 4.78 is 5.58. The quantitative estimate of drug-likeness (QED) is 0.882. The van der Waals surface area contributed by atoms with Gasteiger partial charge in [-0.2, -0.15) is 0 Å². The van der Waals surface area contributed by atoms with Crippen LogP contribution in [0.1, 0.15) is 25.8 Å². The summed E-state index contributed by atoms with van der Waals surface area (Å²) in [7, 11) is 0. The predicted octanol–water partition coefficient (Wildman–Crippen LogP) is 2.01. The van der Waals surface area contributed by atoms with E-state index in [1.807, 2.05) is 0 Å². The third-order valence-electron chi connectivity index (χ3n) is 4.29. The first-order chi connectivity index (χ1) is 9.19. The maximum Gasteiger partial charge on any atom is 0.0622 e. The average molecular weight is 262 g/mol. The first-order valence-corrected chi connectivity index (χ1v) is 7.27. The van der Waals surface area contributed by atoms with Gasteiger partial charge in [0.1, 0.15) is 0 Å². The van der Waals surface area contributed by atoms with Crippen molar-refractivity contribution in [2.75, 3.05) is 32.8 Å². The Morgan fingerprint density at radius 1 is 1.37 bits per heavy atom. The Kier molecular flexibility index (Phi) is 4.97. The van der Waals surface area contributed by atoms with Crippen LogP contribution in [0.4, 0.5) is 0 Å². The van der Waals surface area contributed by atoms with Crippen molar-refractivity contribution in [2.24, 2.45) is 5.73 Å². The van der Waals surface area contributed by atoms with Gasteiger partial charge < -0.3 is 10.5 Å². The van der Waals surface area contributed by atoms with E-state index in [1.54, 1.807) is 0 Å². The van der Waals surface area contributed by atoms with Crippen LogP contribution in [0.2, 0.25) is 0 Å². The van der Waals surface area contributed by atoms with Crippen molar-refractivity contribution in [3.8, 4) is 0 Å². The van der Waals surface area contributed by atoms with Gasteiger partial charge in [-0.25, -0.2) is 0 Å². The van der Waals surface area contributed by atoms with Crippen molar-refractivity contribution in [1.82, 2.24) is 4.90 Å². The number of hydrogen-bond acceptors (Lipinski definition) is 3. The third-order valence-corrected chi connectivity index (χ3v) is 4.29. The van der Waals surface area contributed by atoms with Crippen LogP contribution in [0.25, 0.3) is 0 Å². The lowest BCUT2D eigenvalue weighted by atomic mass is 9.81. The number of rotatable bonds is 5. The Balaban J connectivity index is 2.13. The predicted molar refractivity (Wildman–Crippen MR) is 79.3 cm³/mol. The molecule has 1 aromatic carbocycles. The van der Waals surface area contributed by atoms with Crippen molar-refractivity contribution in [3.05, 3.63) is 35.9 Å². The van der Waals surface area contributed by atoms with Gasteiger partial charge in [0, 0.05) is 31.1 Å². The first kappa shape index (κ1) is 14.5. The van der Waals surface area contributed by atoms with Crippen LogP contribution < -0.4 is 5.73 Å². The van der Waals surface area contributed by atoms with E-state index >= 15 is 0 Å². The molecule has 1 aliphatic rings. The summed E-state index contributed by atoms with van der Waals surface area (Å²) in [6.45, 7) is 8.89. The van der Waals surface area contributed by atoms with Crippen molar-refractivity contribution in [3.63, 3.8) is 0 Å². The molecule has 19 heavy (non-hydrogen) atoms. The SMILES string of the molecule is CCC1COCCN1CC(C)(CN)c1ccccc1. The second-order valence-corrected chi connectivity index (χ2v) is 5.74. The molecule has 1 aromatic rings. The van der Waals surface area contributed by atoms with Gasteiger partial charge >= 0.3 is 0 Å². The first-order valence-electron chi connectivity index (χ1n) is 7.27. The number of nitrogens with two attached hydrogens (primary N) is 1. The lowest BCUT2D eigenvalue weighted by molar-refractivity contribution is -0.0171. The molecule has 0 radical (unpaired) electrons. The molecule has 0 bridgehead atoms. The fraction of sp³-hybridized carbons (Fsp3) is 0.625. The molecule has 2 rings (SSSR count). The second kappa shape index (κ2) is 6.51. The van der Waals surface area contributed by atoms with Crippen LogP contribution in [-0.2, 0) is 10.2 Å². The summed E-state index contributed by atoms with van der Waals surface area (Å²) >= 11 is 0. The molecule has 106 valence electrons. The summed E-state index contributed by atoms with van der Waals surface area (Å²) in [5.74, 6) is 0. The molecule has 1 heterocycles. The molecule has 0 amide bonds. The van der Waals surface area contributed by atoms with Crippen LogP contribution >= 0.6 is 0 Å². The average Bonchev–Trinajstić information content (AvgIpc) is 2.48. The fourth-order valence-corrected chi connectivity index (χ4v) is 2.84. The molecule has 1 saturated heterocycles. The normalized spacial score (nSPS) is 24.1. The van der Waals surface area contributed by atoms with E-state index < -0.39 is 0 Å². The fourth-order valence-electron chi connectivity index (χ4n) is 2.84. The lowest BCUT2D eigenvalue weighted by Crippen LogP contribution is -2.52. The van der Waals surface area contributed by atoms with E-state index in [0.717, 1.165) is 32.7 Å². The minimum Gasteiger partial charge on any atom is -0.378 e. The molecule has 2 unspecified atom stereocenters. The van der Waals surface area contributed by atoms with Crippen molar-refractivity contribution in [1.29, 1.82) is 0 Å². The number of hydrogen-bond donors (Lipinski definition) is 1. The molecule has 2 atom stereocenters. The highest BCUT2D eigenvalue weighted by Crippen LogP contribution is 2.26. The van der Waals surface area contributed by atoms with Crippen LogP contribution in [0.3, 0.4) is 0 Å². The van der Waals surface area contributed by atoms with Gasteiger partial charge in [0.2, 0.25) is 0 Å². The molecule has 3 nitrogen and oxygen atoms in total. The number of ether oxygens (including phenoxy) is 1. The minimum absolute atomic E-state index is 0.0199. The molecule has 1 fully saturated rings. The van der Waals surface area contributed by atoms with E-state index in [2.05, 4.69) is 49.1 Å². The van der Waals surface area contributed by atoms with Crippen LogP contribution in [0.15, 0.2) is 30.3 Å². The largest absolute Gasteiger partial charge is 0.378 e. The summed E-state index contributed by atoms with van der Waals surface area (Å²) in [4.78, 5) is 2.54. The van der Waals surface area contributed by atoms with E-state index in [4.69, 9.17) is 10.5 Å². The molecule has 2 N–H and O–H groups in total. The molecular weight excluding hydrogens is 236 g/mol. The number of nitrogens with zero attached hydrogens (tertiary/aromatic N) is 1. The number of benzene rings is 1. The summed E-state index contributed by atoms with van der Waals surface area (Å²) in [5.41, 5.74) is 7.44.